The van der Waals surface area contributed by atoms with Crippen LogP contribution in [0.2, 0.25) is 0 Å². The fourth-order valence-corrected chi connectivity index (χ4v) is 2.96. The van der Waals surface area contributed by atoms with E-state index in [1.54, 1.807) is 23.7 Å². The third kappa shape index (κ3) is 4.29. The van der Waals surface area contributed by atoms with Crippen LogP contribution >= 0.6 is 0 Å². The maximum Gasteiger partial charge on any atom is 0.338 e. The number of para-hydroxylation sites is 1. The van der Waals surface area contributed by atoms with Crippen LogP contribution in [0.1, 0.15) is 40.4 Å². The van der Waals surface area contributed by atoms with Crippen molar-refractivity contribution in [3.05, 3.63) is 71.4 Å². The van der Waals surface area contributed by atoms with Crippen molar-refractivity contribution in [1.82, 2.24) is 9.78 Å². The molecule has 1 amide bonds. The molecule has 0 spiro atoms. The Morgan fingerprint density at radius 1 is 1.17 bits per heavy atom. The van der Waals surface area contributed by atoms with Gasteiger partial charge in [0.25, 0.3) is 5.91 Å². The number of aromatic hydroxyl groups is 1. The number of rotatable bonds is 6. The molecule has 29 heavy (non-hydrogen) atoms. The third-order valence-electron chi connectivity index (χ3n) is 4.77. The molecule has 148 valence electrons. The number of amides is 1. The second-order valence-corrected chi connectivity index (χ2v) is 7.10. The quantitative estimate of drug-likeness (QED) is 0.627. The van der Waals surface area contributed by atoms with Gasteiger partial charge in [-0.1, -0.05) is 24.3 Å². The van der Waals surface area contributed by atoms with Crippen molar-refractivity contribution in [1.29, 1.82) is 0 Å². The van der Waals surface area contributed by atoms with E-state index in [9.17, 15) is 14.7 Å². The molecule has 1 fully saturated rings. The molecular formula is C22H21N3O4. The molecule has 0 bridgehead atoms. The van der Waals surface area contributed by atoms with Crippen LogP contribution in [0.15, 0.2) is 54.6 Å². The van der Waals surface area contributed by atoms with Gasteiger partial charge < -0.3 is 15.2 Å². The number of carbonyl (C=O) groups excluding carboxylic acids is 2. The molecule has 0 radical (unpaired) electrons. The molecule has 1 aliphatic carbocycles. The monoisotopic (exact) mass is 391 g/mol. The Morgan fingerprint density at radius 3 is 2.62 bits per heavy atom. The number of aromatic nitrogens is 2. The maximum atomic E-state index is 12.4. The number of hydrogen-bond donors (Lipinski definition) is 2. The Hall–Kier alpha value is -3.61. The van der Waals surface area contributed by atoms with Gasteiger partial charge in [0.1, 0.15) is 11.6 Å². The van der Waals surface area contributed by atoms with E-state index in [2.05, 4.69) is 10.4 Å². The molecule has 0 unspecified atom stereocenters. The molecule has 1 aliphatic rings. The summed E-state index contributed by atoms with van der Waals surface area (Å²) in [5.74, 6) is -0.169. The number of phenols is 1. The topological polar surface area (TPSA) is 93.5 Å². The second-order valence-electron chi connectivity index (χ2n) is 7.10. The first-order chi connectivity index (χ1) is 14.0. The summed E-state index contributed by atoms with van der Waals surface area (Å²) in [5, 5.41) is 17.1. The van der Waals surface area contributed by atoms with E-state index in [0.29, 0.717) is 17.3 Å². The maximum absolute atomic E-state index is 12.4. The molecule has 0 aliphatic heterocycles. The molecule has 3 aromatic rings. The average molecular weight is 391 g/mol. The molecular weight excluding hydrogens is 370 g/mol. The summed E-state index contributed by atoms with van der Waals surface area (Å²) < 4.78 is 6.76. The summed E-state index contributed by atoms with van der Waals surface area (Å²) in [5.41, 5.74) is 2.62. The van der Waals surface area contributed by atoms with Crippen LogP contribution in [0.5, 0.6) is 5.75 Å². The van der Waals surface area contributed by atoms with E-state index >= 15 is 0 Å². The number of hydrogen-bond acceptors (Lipinski definition) is 5. The summed E-state index contributed by atoms with van der Waals surface area (Å²) >= 11 is 0. The summed E-state index contributed by atoms with van der Waals surface area (Å²) in [6, 6.07) is 15.9. The lowest BCUT2D eigenvalue weighted by atomic mass is 10.1. The Morgan fingerprint density at radius 2 is 1.93 bits per heavy atom. The van der Waals surface area contributed by atoms with E-state index in [1.165, 1.54) is 6.07 Å². The van der Waals surface area contributed by atoms with Crippen molar-refractivity contribution in [2.24, 2.45) is 0 Å². The van der Waals surface area contributed by atoms with Crippen LogP contribution in [0.4, 0.5) is 5.82 Å². The van der Waals surface area contributed by atoms with Crippen LogP contribution in [0.25, 0.3) is 5.69 Å². The zero-order valence-corrected chi connectivity index (χ0v) is 16.0. The number of anilines is 1. The fraction of sp³-hybridized carbons (Fsp3) is 0.227. The van der Waals surface area contributed by atoms with Gasteiger partial charge in [-0.2, -0.15) is 5.10 Å². The van der Waals surface area contributed by atoms with Crippen molar-refractivity contribution in [2.45, 2.75) is 25.7 Å². The molecule has 1 aromatic heterocycles. The zero-order chi connectivity index (χ0) is 20.4. The molecule has 0 saturated heterocycles. The second kappa shape index (κ2) is 7.79. The Balaban J connectivity index is 1.44. The van der Waals surface area contributed by atoms with Gasteiger partial charge in [-0.05, 0) is 49.6 Å². The number of carbonyl (C=O) groups is 2. The lowest BCUT2D eigenvalue weighted by Crippen LogP contribution is -2.22. The first-order valence-electron chi connectivity index (χ1n) is 9.43. The molecule has 4 rings (SSSR count). The van der Waals surface area contributed by atoms with Crippen molar-refractivity contribution in [2.75, 3.05) is 11.9 Å². The lowest BCUT2D eigenvalue weighted by molar-refractivity contribution is -0.119. The summed E-state index contributed by atoms with van der Waals surface area (Å²) in [4.78, 5) is 24.5. The highest BCUT2D eigenvalue weighted by atomic mass is 16.5. The number of ether oxygens (including phenoxy) is 1. The van der Waals surface area contributed by atoms with Crippen molar-refractivity contribution in [3.8, 4) is 11.4 Å². The summed E-state index contributed by atoms with van der Waals surface area (Å²) in [6.07, 6.45) is 2.19. The Labute approximate surface area is 167 Å². The summed E-state index contributed by atoms with van der Waals surface area (Å²) in [6.45, 7) is 1.29. The number of nitrogens with one attached hydrogen (secondary N) is 1. The molecule has 7 nitrogen and oxygen atoms in total. The minimum absolute atomic E-state index is 0.00303. The van der Waals surface area contributed by atoms with Gasteiger partial charge in [-0.15, -0.1) is 0 Å². The van der Waals surface area contributed by atoms with Gasteiger partial charge in [-0.25, -0.2) is 9.48 Å². The summed E-state index contributed by atoms with van der Waals surface area (Å²) in [7, 11) is 0. The van der Waals surface area contributed by atoms with Gasteiger partial charge in [0.15, 0.2) is 6.61 Å². The standard InChI is InChI=1S/C22H21N3O4/c1-14-7-8-16(11-19(14)26)22(28)29-13-21(27)23-20-12-18(15-9-10-15)24-25(20)17-5-3-2-4-6-17/h2-8,11-12,15,26H,9-10,13H2,1H3,(H,23,27). The normalized spacial score (nSPS) is 13.1. The highest BCUT2D eigenvalue weighted by Gasteiger charge is 2.28. The van der Waals surface area contributed by atoms with Crippen LogP contribution in [0, 0.1) is 6.92 Å². The molecule has 2 N–H and O–H groups in total. The SMILES string of the molecule is Cc1ccc(C(=O)OCC(=O)Nc2cc(C3CC3)nn2-c2ccccc2)cc1O. The minimum atomic E-state index is -0.675. The Kier molecular flexibility index (Phi) is 5.03. The number of benzene rings is 2. The molecule has 1 heterocycles. The first kappa shape index (κ1) is 18.7. The van der Waals surface area contributed by atoms with Crippen molar-refractivity contribution >= 4 is 17.7 Å². The molecule has 1 saturated carbocycles. The van der Waals surface area contributed by atoms with E-state index in [0.717, 1.165) is 24.2 Å². The molecule has 2 aromatic carbocycles. The number of phenolic OH excluding ortho intramolecular Hbond substituents is 1. The highest BCUT2D eigenvalue weighted by molar-refractivity contribution is 5.95. The first-order valence-corrected chi connectivity index (χ1v) is 9.43. The smallest absolute Gasteiger partial charge is 0.338 e. The van der Waals surface area contributed by atoms with Gasteiger partial charge >= 0.3 is 5.97 Å². The lowest BCUT2D eigenvalue weighted by Gasteiger charge is -2.09. The zero-order valence-electron chi connectivity index (χ0n) is 16.0. The van der Waals surface area contributed by atoms with Crippen molar-refractivity contribution in [3.63, 3.8) is 0 Å². The van der Waals surface area contributed by atoms with E-state index in [1.807, 2.05) is 36.4 Å². The average Bonchev–Trinajstić information content (AvgIpc) is 3.49. The number of aryl methyl sites for hydroxylation is 1. The highest BCUT2D eigenvalue weighted by Crippen LogP contribution is 2.40. The minimum Gasteiger partial charge on any atom is -0.508 e. The number of nitrogens with zero attached hydrogens (tertiary/aromatic N) is 2. The van der Waals surface area contributed by atoms with Crippen LogP contribution in [-0.4, -0.2) is 33.4 Å². The van der Waals surface area contributed by atoms with Gasteiger partial charge in [-0.3, -0.25) is 4.79 Å². The van der Waals surface area contributed by atoms with Crippen LogP contribution in [0.3, 0.4) is 0 Å². The van der Waals surface area contributed by atoms with Crippen molar-refractivity contribution < 1.29 is 19.4 Å². The van der Waals surface area contributed by atoms with Gasteiger partial charge in [0, 0.05) is 12.0 Å². The number of esters is 1. The Bertz CT molecular complexity index is 1060. The molecule has 7 heteroatoms. The van der Waals surface area contributed by atoms with Gasteiger partial charge in [0.2, 0.25) is 0 Å². The predicted octanol–water partition coefficient (Wildman–Crippen LogP) is 3.56. The van der Waals surface area contributed by atoms with E-state index < -0.39 is 18.5 Å². The third-order valence-corrected chi connectivity index (χ3v) is 4.77. The fourth-order valence-electron chi connectivity index (χ4n) is 2.96. The molecule has 0 atom stereocenters. The van der Waals surface area contributed by atoms with E-state index in [-0.39, 0.29) is 11.3 Å². The van der Waals surface area contributed by atoms with Crippen LogP contribution < -0.4 is 5.32 Å². The van der Waals surface area contributed by atoms with Gasteiger partial charge in [0.05, 0.1) is 16.9 Å². The van der Waals surface area contributed by atoms with E-state index in [4.69, 9.17) is 4.74 Å². The predicted molar refractivity (Wildman–Crippen MR) is 107 cm³/mol. The largest absolute Gasteiger partial charge is 0.508 e. The van der Waals surface area contributed by atoms with Crippen LogP contribution in [-0.2, 0) is 9.53 Å².